The summed E-state index contributed by atoms with van der Waals surface area (Å²) in [5.41, 5.74) is 0. The average molecular weight is 312 g/mol. The van der Waals surface area contributed by atoms with E-state index < -0.39 is 0 Å². The zero-order chi connectivity index (χ0) is 14.2. The molecule has 1 aliphatic heterocycles. The van der Waals surface area contributed by atoms with Crippen molar-refractivity contribution < 1.29 is 4.74 Å². The Balaban J connectivity index is 1.95. The molecule has 0 aromatic heterocycles. The Morgan fingerprint density at radius 2 is 1.19 bits per heavy atom. The van der Waals surface area contributed by atoms with E-state index in [-0.39, 0.29) is 10.9 Å². The van der Waals surface area contributed by atoms with Crippen molar-refractivity contribution in [2.45, 2.75) is 14.7 Å². The Labute approximate surface area is 131 Å². The van der Waals surface area contributed by atoms with Crippen LogP contribution in [0.15, 0.2) is 87.5 Å². The Bertz CT molecular complexity index is 753. The molecular weight excluding hydrogens is 300 g/mol. The fourth-order valence-electron chi connectivity index (χ4n) is 2.47. The molecule has 4 rings (SSSR count). The minimum atomic E-state index is -0.150. The van der Waals surface area contributed by atoms with E-state index in [1.165, 1.54) is 14.7 Å². The number of para-hydroxylation sites is 2. The number of ether oxygens (including phenoxy) is 1. The Morgan fingerprint density at radius 1 is 0.667 bits per heavy atom. The van der Waals surface area contributed by atoms with Crippen molar-refractivity contribution >= 4 is 22.5 Å². The lowest BCUT2D eigenvalue weighted by atomic mass is 10.3. The summed E-state index contributed by atoms with van der Waals surface area (Å²) in [5.74, 6) is 1.88. The maximum absolute atomic E-state index is 6.03. The number of halogens is 1. The number of hydrogen-bond acceptors (Lipinski definition) is 1. The van der Waals surface area contributed by atoms with Crippen LogP contribution in [0.4, 0.5) is 0 Å². The van der Waals surface area contributed by atoms with Crippen LogP contribution in [0.1, 0.15) is 0 Å². The minimum Gasteiger partial charge on any atom is -0.447 e. The number of rotatable bonds is 1. The average Bonchev–Trinajstić information content (AvgIpc) is 2.53. The molecule has 1 nitrogen and oxygen atoms in total. The highest BCUT2D eigenvalue weighted by Crippen LogP contribution is 2.46. The minimum absolute atomic E-state index is 0.150. The number of fused-ring (bicyclic) bond motifs is 2. The van der Waals surface area contributed by atoms with E-state index in [2.05, 4.69) is 36.4 Å². The molecule has 1 aliphatic rings. The van der Waals surface area contributed by atoms with Crippen LogP contribution in [-0.4, -0.2) is 0 Å². The summed E-state index contributed by atoms with van der Waals surface area (Å²) in [6.07, 6.45) is 0. The molecule has 3 aromatic rings. The lowest BCUT2D eigenvalue weighted by Crippen LogP contribution is -2.12. The van der Waals surface area contributed by atoms with Gasteiger partial charge in [0, 0.05) is 5.02 Å². The highest BCUT2D eigenvalue weighted by molar-refractivity contribution is 7.97. The van der Waals surface area contributed by atoms with Crippen LogP contribution in [0.25, 0.3) is 0 Å². The van der Waals surface area contributed by atoms with Crippen molar-refractivity contribution in [3.05, 3.63) is 77.8 Å². The van der Waals surface area contributed by atoms with Gasteiger partial charge >= 0.3 is 0 Å². The van der Waals surface area contributed by atoms with Gasteiger partial charge in [0.25, 0.3) is 0 Å². The summed E-state index contributed by atoms with van der Waals surface area (Å²) in [5, 5.41) is 0.761. The first-order valence-electron chi connectivity index (χ1n) is 6.69. The van der Waals surface area contributed by atoms with Crippen LogP contribution in [0.3, 0.4) is 0 Å². The molecule has 0 saturated carbocycles. The first-order chi connectivity index (χ1) is 10.3. The summed E-state index contributed by atoms with van der Waals surface area (Å²) >= 11 is 6.03. The molecule has 0 unspecified atom stereocenters. The third-order valence-electron chi connectivity index (χ3n) is 3.41. The second-order valence-corrected chi connectivity index (χ2v) is 7.16. The lowest BCUT2D eigenvalue weighted by Gasteiger charge is -2.19. The third kappa shape index (κ3) is 2.21. The largest absolute Gasteiger partial charge is 0.447 e. The van der Waals surface area contributed by atoms with Gasteiger partial charge in [-0.05, 0) is 48.5 Å². The molecular formula is C18H12ClOS+. The fourth-order valence-corrected chi connectivity index (χ4v) is 4.80. The van der Waals surface area contributed by atoms with Gasteiger partial charge in [-0.25, -0.2) is 0 Å². The summed E-state index contributed by atoms with van der Waals surface area (Å²) in [6.45, 7) is 0. The van der Waals surface area contributed by atoms with E-state index in [1.807, 2.05) is 36.4 Å². The van der Waals surface area contributed by atoms with Crippen molar-refractivity contribution in [3.8, 4) is 11.5 Å². The monoisotopic (exact) mass is 311 g/mol. The van der Waals surface area contributed by atoms with Crippen LogP contribution in [0.2, 0.25) is 5.02 Å². The van der Waals surface area contributed by atoms with Gasteiger partial charge in [0.1, 0.15) is 10.9 Å². The standard InChI is InChI=1S/C18H12ClOS/c19-13-9-11-14(12-10-13)21-17-7-3-1-5-15(17)20-16-6-2-4-8-18(16)21/h1-12H/q+1. The van der Waals surface area contributed by atoms with Gasteiger partial charge in [0.2, 0.25) is 9.79 Å². The molecule has 0 spiro atoms. The van der Waals surface area contributed by atoms with Crippen LogP contribution < -0.4 is 4.74 Å². The Hall–Kier alpha value is -1.90. The number of benzene rings is 3. The zero-order valence-corrected chi connectivity index (χ0v) is 12.7. The van der Waals surface area contributed by atoms with Crippen LogP contribution in [0.5, 0.6) is 11.5 Å². The molecule has 0 radical (unpaired) electrons. The summed E-state index contributed by atoms with van der Waals surface area (Å²) < 4.78 is 6.03. The first-order valence-corrected chi connectivity index (χ1v) is 8.29. The first kappa shape index (κ1) is 12.8. The van der Waals surface area contributed by atoms with Crippen molar-refractivity contribution in [2.75, 3.05) is 0 Å². The molecule has 3 aromatic carbocycles. The van der Waals surface area contributed by atoms with Gasteiger partial charge in [0.05, 0.1) is 0 Å². The maximum atomic E-state index is 6.03. The second-order valence-electron chi connectivity index (χ2n) is 4.76. The van der Waals surface area contributed by atoms with E-state index in [0.717, 1.165) is 16.5 Å². The molecule has 21 heavy (non-hydrogen) atoms. The second kappa shape index (κ2) is 5.14. The summed E-state index contributed by atoms with van der Waals surface area (Å²) in [7, 11) is -0.150. The quantitative estimate of drug-likeness (QED) is 0.419. The van der Waals surface area contributed by atoms with E-state index >= 15 is 0 Å². The fraction of sp³-hybridized carbons (Fsp3) is 0. The van der Waals surface area contributed by atoms with Gasteiger partial charge in [-0.15, -0.1) is 0 Å². The van der Waals surface area contributed by atoms with Gasteiger partial charge in [-0.2, -0.15) is 0 Å². The molecule has 0 N–H and O–H groups in total. The SMILES string of the molecule is Clc1ccc([S+]2c3ccccc3Oc3ccccc32)cc1. The third-order valence-corrected chi connectivity index (χ3v) is 5.96. The summed E-state index contributed by atoms with van der Waals surface area (Å²) in [6, 6.07) is 24.6. The lowest BCUT2D eigenvalue weighted by molar-refractivity contribution is 0.453. The smallest absolute Gasteiger partial charge is 0.209 e. The van der Waals surface area contributed by atoms with Crippen LogP contribution in [0, 0.1) is 0 Å². The van der Waals surface area contributed by atoms with Crippen LogP contribution in [-0.2, 0) is 10.9 Å². The molecule has 3 heteroatoms. The molecule has 102 valence electrons. The zero-order valence-electron chi connectivity index (χ0n) is 11.1. The topological polar surface area (TPSA) is 9.23 Å². The maximum Gasteiger partial charge on any atom is 0.209 e. The molecule has 1 heterocycles. The van der Waals surface area contributed by atoms with Crippen molar-refractivity contribution in [1.29, 1.82) is 0 Å². The number of hydrogen-bond donors (Lipinski definition) is 0. The highest BCUT2D eigenvalue weighted by atomic mass is 35.5. The van der Waals surface area contributed by atoms with E-state index in [0.29, 0.717) is 0 Å². The summed E-state index contributed by atoms with van der Waals surface area (Å²) in [4.78, 5) is 3.69. The highest BCUT2D eigenvalue weighted by Gasteiger charge is 2.38. The van der Waals surface area contributed by atoms with Crippen LogP contribution >= 0.6 is 11.6 Å². The van der Waals surface area contributed by atoms with Gasteiger partial charge in [0.15, 0.2) is 16.4 Å². The predicted octanol–water partition coefficient (Wildman–Crippen LogP) is 5.54. The predicted molar refractivity (Wildman–Crippen MR) is 86.6 cm³/mol. The van der Waals surface area contributed by atoms with Crippen molar-refractivity contribution in [1.82, 2.24) is 0 Å². The van der Waals surface area contributed by atoms with Crippen molar-refractivity contribution in [3.63, 3.8) is 0 Å². The Morgan fingerprint density at radius 3 is 1.76 bits per heavy atom. The molecule has 0 saturated heterocycles. The van der Waals surface area contributed by atoms with Gasteiger partial charge < -0.3 is 4.74 Å². The molecule has 0 atom stereocenters. The van der Waals surface area contributed by atoms with Gasteiger partial charge in [-0.1, -0.05) is 35.9 Å². The van der Waals surface area contributed by atoms with Crippen molar-refractivity contribution in [2.24, 2.45) is 0 Å². The molecule has 0 bridgehead atoms. The van der Waals surface area contributed by atoms with E-state index in [9.17, 15) is 0 Å². The Kier molecular flexibility index (Phi) is 3.13. The normalized spacial score (nSPS) is 13.2. The molecule has 0 aliphatic carbocycles. The molecule has 0 amide bonds. The van der Waals surface area contributed by atoms with Gasteiger partial charge in [-0.3, -0.25) is 0 Å². The molecule has 0 fully saturated rings. The van der Waals surface area contributed by atoms with E-state index in [1.54, 1.807) is 0 Å². The van der Waals surface area contributed by atoms with E-state index in [4.69, 9.17) is 16.3 Å².